The number of carbonyl (C=O) groups is 2. The molecule has 1 heterocycles. The SMILES string of the molecule is CC(=O)N[C@H]1C(=O)N(CCBr)c2c(Cl)cccc21. The molecule has 0 aliphatic carbocycles. The second kappa shape index (κ2) is 5.28. The predicted octanol–water partition coefficient (Wildman–Crippen LogP) is 2.26. The minimum Gasteiger partial charge on any atom is -0.341 e. The molecule has 0 saturated carbocycles. The van der Waals surface area contributed by atoms with Crippen LogP contribution < -0.4 is 10.2 Å². The van der Waals surface area contributed by atoms with Crippen LogP contribution in [0.1, 0.15) is 18.5 Å². The summed E-state index contributed by atoms with van der Waals surface area (Å²) in [7, 11) is 0. The van der Waals surface area contributed by atoms with Crippen LogP contribution in [0.4, 0.5) is 5.69 Å². The zero-order valence-electron chi connectivity index (χ0n) is 9.74. The van der Waals surface area contributed by atoms with Crippen molar-refractivity contribution in [2.75, 3.05) is 16.8 Å². The Hall–Kier alpha value is -1.07. The van der Waals surface area contributed by atoms with Gasteiger partial charge in [0.15, 0.2) is 0 Å². The number of anilines is 1. The first kappa shape index (κ1) is 13.4. The first-order valence-electron chi connectivity index (χ1n) is 5.49. The minimum absolute atomic E-state index is 0.146. The highest BCUT2D eigenvalue weighted by atomic mass is 79.9. The summed E-state index contributed by atoms with van der Waals surface area (Å²) in [5.74, 6) is -0.382. The molecule has 0 fully saturated rings. The maximum absolute atomic E-state index is 12.3. The van der Waals surface area contributed by atoms with Gasteiger partial charge in [-0.2, -0.15) is 0 Å². The minimum atomic E-state index is -0.629. The quantitative estimate of drug-likeness (QED) is 0.864. The number of amides is 2. The van der Waals surface area contributed by atoms with Crippen LogP contribution in [0.3, 0.4) is 0 Å². The molecule has 0 aromatic heterocycles. The molecule has 2 amide bonds. The van der Waals surface area contributed by atoms with Gasteiger partial charge in [0, 0.05) is 24.4 Å². The van der Waals surface area contributed by atoms with E-state index in [9.17, 15) is 9.59 Å². The Morgan fingerprint density at radius 3 is 2.89 bits per heavy atom. The smallest absolute Gasteiger partial charge is 0.254 e. The number of nitrogens with one attached hydrogen (secondary N) is 1. The lowest BCUT2D eigenvalue weighted by atomic mass is 10.1. The molecule has 1 aromatic carbocycles. The molecule has 1 atom stereocenters. The van der Waals surface area contributed by atoms with Crippen molar-refractivity contribution in [3.8, 4) is 0 Å². The highest BCUT2D eigenvalue weighted by molar-refractivity contribution is 9.09. The Balaban J connectivity index is 2.46. The first-order valence-corrected chi connectivity index (χ1v) is 6.99. The summed E-state index contributed by atoms with van der Waals surface area (Å²) < 4.78 is 0. The number of hydrogen-bond acceptors (Lipinski definition) is 2. The van der Waals surface area contributed by atoms with Crippen molar-refractivity contribution in [2.45, 2.75) is 13.0 Å². The van der Waals surface area contributed by atoms with Crippen LogP contribution in [0.2, 0.25) is 5.02 Å². The van der Waals surface area contributed by atoms with Crippen LogP contribution >= 0.6 is 27.5 Å². The van der Waals surface area contributed by atoms with Crippen LogP contribution in [0.25, 0.3) is 0 Å². The van der Waals surface area contributed by atoms with Crippen LogP contribution in [0.5, 0.6) is 0 Å². The standard InChI is InChI=1S/C12H12BrClN2O2/c1-7(17)15-10-8-3-2-4-9(14)11(8)16(6-5-13)12(10)18/h2-4,10H,5-6H2,1H3,(H,15,17)/t10-/m1/s1. The number of halogens is 2. The number of para-hydroxylation sites is 1. The van der Waals surface area contributed by atoms with Gasteiger partial charge >= 0.3 is 0 Å². The molecule has 18 heavy (non-hydrogen) atoms. The van der Waals surface area contributed by atoms with Crippen LogP contribution in [-0.4, -0.2) is 23.7 Å². The second-order valence-electron chi connectivity index (χ2n) is 3.99. The second-order valence-corrected chi connectivity index (χ2v) is 5.19. The summed E-state index contributed by atoms with van der Waals surface area (Å²) in [6.07, 6.45) is 0. The van der Waals surface area contributed by atoms with Gasteiger partial charge in [-0.25, -0.2) is 0 Å². The lowest BCUT2D eigenvalue weighted by Gasteiger charge is -2.17. The van der Waals surface area contributed by atoms with Gasteiger partial charge in [-0.15, -0.1) is 0 Å². The van der Waals surface area contributed by atoms with Crippen LogP contribution in [0.15, 0.2) is 18.2 Å². The summed E-state index contributed by atoms with van der Waals surface area (Å²) in [4.78, 5) is 25.1. The molecule has 0 radical (unpaired) electrons. The topological polar surface area (TPSA) is 49.4 Å². The molecule has 0 spiro atoms. The van der Waals surface area contributed by atoms with Crippen molar-refractivity contribution in [1.29, 1.82) is 0 Å². The van der Waals surface area contributed by atoms with Gasteiger partial charge in [-0.05, 0) is 6.07 Å². The summed E-state index contributed by atoms with van der Waals surface area (Å²) in [5, 5.41) is 3.83. The molecule has 1 aromatic rings. The van der Waals surface area contributed by atoms with Gasteiger partial charge in [0.1, 0.15) is 6.04 Å². The fourth-order valence-corrected chi connectivity index (χ4v) is 2.74. The van der Waals surface area contributed by atoms with E-state index in [0.717, 1.165) is 5.56 Å². The van der Waals surface area contributed by atoms with Crippen LogP contribution in [0, 0.1) is 0 Å². The molecule has 2 rings (SSSR count). The van der Waals surface area contributed by atoms with Crippen molar-refractivity contribution in [2.24, 2.45) is 0 Å². The molecule has 1 aliphatic rings. The lowest BCUT2D eigenvalue weighted by molar-refractivity contribution is -0.126. The Morgan fingerprint density at radius 1 is 1.56 bits per heavy atom. The lowest BCUT2D eigenvalue weighted by Crippen LogP contribution is -2.37. The summed E-state index contributed by atoms with van der Waals surface area (Å²) in [6, 6.07) is 4.70. The highest BCUT2D eigenvalue weighted by Gasteiger charge is 2.38. The number of alkyl halides is 1. The fraction of sp³-hybridized carbons (Fsp3) is 0.333. The molecule has 1 aliphatic heterocycles. The summed E-state index contributed by atoms with van der Waals surface area (Å²) in [5.41, 5.74) is 1.45. The third-order valence-electron chi connectivity index (χ3n) is 2.77. The maximum Gasteiger partial charge on any atom is 0.254 e. The summed E-state index contributed by atoms with van der Waals surface area (Å²) >= 11 is 9.46. The Morgan fingerprint density at radius 2 is 2.28 bits per heavy atom. The molecular weight excluding hydrogens is 320 g/mol. The molecular formula is C12H12BrClN2O2. The molecule has 6 heteroatoms. The van der Waals surface area contributed by atoms with E-state index in [1.54, 1.807) is 17.0 Å². The van der Waals surface area contributed by atoms with Gasteiger partial charge in [0.2, 0.25) is 5.91 Å². The van der Waals surface area contributed by atoms with Crippen LogP contribution in [-0.2, 0) is 9.59 Å². The third kappa shape index (κ3) is 2.24. The Bertz CT molecular complexity index is 507. The molecule has 4 nitrogen and oxygen atoms in total. The van der Waals surface area contributed by atoms with Crippen molar-refractivity contribution >= 4 is 45.0 Å². The van der Waals surface area contributed by atoms with Crippen molar-refractivity contribution in [1.82, 2.24) is 5.32 Å². The van der Waals surface area contributed by atoms with E-state index in [4.69, 9.17) is 11.6 Å². The molecule has 1 N–H and O–H groups in total. The van der Waals surface area contributed by atoms with E-state index in [2.05, 4.69) is 21.2 Å². The van der Waals surface area contributed by atoms with Gasteiger partial charge in [-0.3, -0.25) is 9.59 Å². The van der Waals surface area contributed by atoms with Gasteiger partial charge < -0.3 is 10.2 Å². The van der Waals surface area contributed by atoms with E-state index in [0.29, 0.717) is 22.6 Å². The van der Waals surface area contributed by atoms with Crippen molar-refractivity contribution in [3.63, 3.8) is 0 Å². The number of rotatable bonds is 3. The largest absolute Gasteiger partial charge is 0.341 e. The Labute approximate surface area is 118 Å². The van der Waals surface area contributed by atoms with Gasteiger partial charge in [0.25, 0.3) is 5.91 Å². The van der Waals surface area contributed by atoms with E-state index in [-0.39, 0.29) is 11.8 Å². The predicted molar refractivity (Wildman–Crippen MR) is 74.2 cm³/mol. The van der Waals surface area contributed by atoms with Gasteiger partial charge in [0.05, 0.1) is 10.7 Å². The highest BCUT2D eigenvalue weighted by Crippen LogP contribution is 2.40. The van der Waals surface area contributed by atoms with Crippen molar-refractivity contribution < 1.29 is 9.59 Å². The van der Waals surface area contributed by atoms with Gasteiger partial charge in [-0.1, -0.05) is 39.7 Å². The number of benzene rings is 1. The zero-order chi connectivity index (χ0) is 13.3. The van der Waals surface area contributed by atoms with E-state index < -0.39 is 6.04 Å². The number of hydrogen-bond donors (Lipinski definition) is 1. The number of carbonyl (C=O) groups excluding carboxylic acids is 2. The third-order valence-corrected chi connectivity index (χ3v) is 3.43. The molecule has 0 unspecified atom stereocenters. The monoisotopic (exact) mass is 330 g/mol. The van der Waals surface area contributed by atoms with E-state index in [1.807, 2.05) is 6.07 Å². The number of fused-ring (bicyclic) bond motifs is 1. The Kier molecular flexibility index (Phi) is 3.92. The average molecular weight is 332 g/mol. The fourth-order valence-electron chi connectivity index (χ4n) is 2.10. The van der Waals surface area contributed by atoms with Crippen molar-refractivity contribution in [3.05, 3.63) is 28.8 Å². The van der Waals surface area contributed by atoms with E-state index >= 15 is 0 Å². The molecule has 0 saturated heterocycles. The van der Waals surface area contributed by atoms with E-state index in [1.165, 1.54) is 6.92 Å². The normalized spacial score (nSPS) is 17.8. The molecule has 96 valence electrons. The maximum atomic E-state index is 12.3. The number of nitrogens with zero attached hydrogens (tertiary/aromatic N) is 1. The average Bonchev–Trinajstić information content (AvgIpc) is 2.56. The molecule has 0 bridgehead atoms. The summed E-state index contributed by atoms with van der Waals surface area (Å²) in [6.45, 7) is 1.91. The first-order chi connectivity index (χ1) is 8.56. The zero-order valence-corrected chi connectivity index (χ0v) is 12.1.